The lowest BCUT2D eigenvalue weighted by Gasteiger charge is -2.07. The Morgan fingerprint density at radius 3 is 3.06 bits per heavy atom. The number of nitrogens with zero attached hydrogens (tertiary/aromatic N) is 2. The number of amidine groups is 2. The van der Waals surface area contributed by atoms with Gasteiger partial charge in [-0.15, -0.1) is 0 Å². The molecule has 5 heteroatoms. The number of nitrogens with one attached hydrogen (secondary N) is 1. The summed E-state index contributed by atoms with van der Waals surface area (Å²) in [7, 11) is 0. The number of rotatable bonds is 2. The first-order valence-corrected chi connectivity index (χ1v) is 5.10. The van der Waals surface area contributed by atoms with E-state index < -0.39 is 0 Å². The maximum Gasteiger partial charge on any atom is 0.170 e. The predicted molar refractivity (Wildman–Crippen MR) is 63.0 cm³/mol. The first-order valence-electron chi connectivity index (χ1n) is 5.10. The minimum absolute atomic E-state index is 0.105. The SMILES string of the molecule is CC1CN=C(c2cccc(/C(N)=N/O)c2)N1. The maximum atomic E-state index is 8.60. The Balaban J connectivity index is 2.30. The van der Waals surface area contributed by atoms with Crippen molar-refractivity contribution in [3.8, 4) is 0 Å². The fourth-order valence-corrected chi connectivity index (χ4v) is 1.61. The van der Waals surface area contributed by atoms with E-state index in [9.17, 15) is 0 Å². The molecule has 4 N–H and O–H groups in total. The van der Waals surface area contributed by atoms with Crippen molar-refractivity contribution < 1.29 is 5.21 Å². The Morgan fingerprint density at radius 1 is 1.62 bits per heavy atom. The number of hydrogen-bond acceptors (Lipinski definition) is 4. The molecule has 0 saturated heterocycles. The Bertz CT molecular complexity index is 453. The number of aliphatic imine (C=N–C) groups is 1. The molecule has 1 aliphatic rings. The maximum absolute atomic E-state index is 8.60. The average molecular weight is 218 g/mol. The fraction of sp³-hybridized carbons (Fsp3) is 0.273. The first kappa shape index (κ1) is 10.5. The van der Waals surface area contributed by atoms with Crippen molar-refractivity contribution in [2.24, 2.45) is 15.9 Å². The highest BCUT2D eigenvalue weighted by atomic mass is 16.4. The van der Waals surface area contributed by atoms with E-state index in [1.54, 1.807) is 6.07 Å². The molecule has 1 atom stereocenters. The Labute approximate surface area is 93.7 Å². The van der Waals surface area contributed by atoms with Gasteiger partial charge >= 0.3 is 0 Å². The van der Waals surface area contributed by atoms with Gasteiger partial charge in [0.15, 0.2) is 5.84 Å². The van der Waals surface area contributed by atoms with Crippen LogP contribution in [0.1, 0.15) is 18.1 Å². The van der Waals surface area contributed by atoms with Crippen LogP contribution in [-0.4, -0.2) is 29.5 Å². The van der Waals surface area contributed by atoms with Crippen LogP contribution in [0.2, 0.25) is 0 Å². The van der Waals surface area contributed by atoms with Crippen LogP contribution in [0.3, 0.4) is 0 Å². The average Bonchev–Trinajstić information content (AvgIpc) is 2.75. The van der Waals surface area contributed by atoms with Crippen LogP contribution in [0.15, 0.2) is 34.4 Å². The zero-order chi connectivity index (χ0) is 11.5. The summed E-state index contributed by atoms with van der Waals surface area (Å²) in [6, 6.07) is 7.80. The first-order chi connectivity index (χ1) is 7.70. The van der Waals surface area contributed by atoms with Gasteiger partial charge in [0.05, 0.1) is 6.54 Å². The molecular formula is C11H14N4O. The van der Waals surface area contributed by atoms with Gasteiger partial charge in [-0.25, -0.2) is 0 Å². The lowest BCUT2D eigenvalue weighted by molar-refractivity contribution is 0.318. The molecule has 1 unspecified atom stereocenters. The van der Waals surface area contributed by atoms with Crippen molar-refractivity contribution in [2.45, 2.75) is 13.0 Å². The van der Waals surface area contributed by atoms with E-state index in [0.29, 0.717) is 11.6 Å². The van der Waals surface area contributed by atoms with Crippen LogP contribution in [0.4, 0.5) is 0 Å². The van der Waals surface area contributed by atoms with Crippen LogP contribution in [0.5, 0.6) is 0 Å². The van der Waals surface area contributed by atoms with Gasteiger partial charge in [-0.3, -0.25) is 4.99 Å². The van der Waals surface area contributed by atoms with Gasteiger partial charge in [0.25, 0.3) is 0 Å². The summed E-state index contributed by atoms with van der Waals surface area (Å²) in [6.07, 6.45) is 0. The van der Waals surface area contributed by atoms with Crippen LogP contribution in [0.25, 0.3) is 0 Å². The lowest BCUT2D eigenvalue weighted by atomic mass is 10.1. The lowest BCUT2D eigenvalue weighted by Crippen LogP contribution is -2.28. The van der Waals surface area contributed by atoms with Gasteiger partial charge in [0.2, 0.25) is 0 Å². The highest BCUT2D eigenvalue weighted by Crippen LogP contribution is 2.09. The standard InChI is InChI=1S/C11H14N4O/c1-7-6-13-11(14-7)9-4-2-3-8(5-9)10(12)15-16/h2-5,7,16H,6H2,1H3,(H2,12,15)(H,13,14). The number of oxime groups is 1. The minimum atomic E-state index is 0.105. The molecule has 1 aromatic carbocycles. The molecule has 16 heavy (non-hydrogen) atoms. The van der Waals surface area contributed by atoms with Crippen molar-refractivity contribution in [1.29, 1.82) is 0 Å². The third-order valence-electron chi connectivity index (χ3n) is 2.45. The smallest absolute Gasteiger partial charge is 0.170 e. The molecular weight excluding hydrogens is 204 g/mol. The molecule has 2 rings (SSSR count). The minimum Gasteiger partial charge on any atom is -0.409 e. The second-order valence-electron chi connectivity index (χ2n) is 3.80. The van der Waals surface area contributed by atoms with E-state index in [0.717, 1.165) is 17.9 Å². The van der Waals surface area contributed by atoms with E-state index in [1.807, 2.05) is 18.2 Å². The molecule has 0 bridgehead atoms. The zero-order valence-corrected chi connectivity index (χ0v) is 9.01. The molecule has 84 valence electrons. The van der Waals surface area contributed by atoms with Crippen LogP contribution >= 0.6 is 0 Å². The highest BCUT2D eigenvalue weighted by Gasteiger charge is 2.14. The highest BCUT2D eigenvalue weighted by molar-refractivity contribution is 6.03. The zero-order valence-electron chi connectivity index (χ0n) is 9.01. The summed E-state index contributed by atoms with van der Waals surface area (Å²) in [5.41, 5.74) is 7.17. The molecule has 0 aromatic heterocycles. The third-order valence-corrected chi connectivity index (χ3v) is 2.45. The quantitative estimate of drug-likeness (QED) is 0.293. The molecule has 1 aromatic rings. The topological polar surface area (TPSA) is 83.0 Å². The second-order valence-corrected chi connectivity index (χ2v) is 3.80. The van der Waals surface area contributed by atoms with Crippen molar-refractivity contribution >= 4 is 11.7 Å². The Hall–Kier alpha value is -2.04. The van der Waals surface area contributed by atoms with Gasteiger partial charge < -0.3 is 16.3 Å². The van der Waals surface area contributed by atoms with Crippen LogP contribution in [-0.2, 0) is 0 Å². The van der Waals surface area contributed by atoms with Crippen molar-refractivity contribution in [1.82, 2.24) is 5.32 Å². The monoisotopic (exact) mass is 218 g/mol. The molecule has 0 amide bonds. The summed E-state index contributed by atoms with van der Waals surface area (Å²) < 4.78 is 0. The molecule has 0 radical (unpaired) electrons. The summed E-state index contributed by atoms with van der Waals surface area (Å²) in [5, 5.41) is 14.8. The van der Waals surface area contributed by atoms with E-state index >= 15 is 0 Å². The van der Waals surface area contributed by atoms with Crippen LogP contribution < -0.4 is 11.1 Å². The van der Waals surface area contributed by atoms with Gasteiger partial charge in [0, 0.05) is 17.2 Å². The molecule has 1 heterocycles. The molecule has 0 saturated carbocycles. The summed E-state index contributed by atoms with van der Waals surface area (Å²) >= 11 is 0. The molecule has 5 nitrogen and oxygen atoms in total. The molecule has 0 spiro atoms. The molecule has 0 aliphatic carbocycles. The number of nitrogens with two attached hydrogens (primary N) is 1. The van der Waals surface area contributed by atoms with Crippen LogP contribution in [0, 0.1) is 0 Å². The molecule has 1 aliphatic heterocycles. The predicted octanol–water partition coefficient (Wildman–Crippen LogP) is 0.519. The van der Waals surface area contributed by atoms with Crippen molar-refractivity contribution in [3.05, 3.63) is 35.4 Å². The largest absolute Gasteiger partial charge is 0.409 e. The molecule has 0 fully saturated rings. The summed E-state index contributed by atoms with van der Waals surface area (Å²) in [6.45, 7) is 2.85. The second kappa shape index (κ2) is 4.22. The number of benzene rings is 1. The normalized spacial score (nSPS) is 20.4. The van der Waals surface area contributed by atoms with E-state index in [2.05, 4.69) is 22.4 Å². The number of hydrogen-bond donors (Lipinski definition) is 3. The van der Waals surface area contributed by atoms with E-state index in [1.165, 1.54) is 0 Å². The van der Waals surface area contributed by atoms with Crippen molar-refractivity contribution in [2.75, 3.05) is 6.54 Å². The summed E-state index contributed by atoms with van der Waals surface area (Å²) in [5.74, 6) is 0.966. The van der Waals surface area contributed by atoms with Gasteiger partial charge in [0.1, 0.15) is 5.84 Å². The van der Waals surface area contributed by atoms with E-state index in [4.69, 9.17) is 10.9 Å². The Kier molecular flexibility index (Phi) is 2.76. The van der Waals surface area contributed by atoms with Gasteiger partial charge in [-0.05, 0) is 13.0 Å². The Morgan fingerprint density at radius 2 is 2.44 bits per heavy atom. The van der Waals surface area contributed by atoms with Gasteiger partial charge in [-0.1, -0.05) is 23.4 Å². The van der Waals surface area contributed by atoms with Crippen molar-refractivity contribution in [3.63, 3.8) is 0 Å². The fourth-order valence-electron chi connectivity index (χ4n) is 1.61. The van der Waals surface area contributed by atoms with Gasteiger partial charge in [-0.2, -0.15) is 0 Å². The third kappa shape index (κ3) is 1.98. The summed E-state index contributed by atoms with van der Waals surface area (Å²) in [4.78, 5) is 4.38. The van der Waals surface area contributed by atoms with E-state index in [-0.39, 0.29) is 5.84 Å².